The first kappa shape index (κ1) is 24.2. The quantitative estimate of drug-likeness (QED) is 0.257. The molecule has 0 heterocycles. The Morgan fingerprint density at radius 1 is 0.969 bits per heavy atom. The van der Waals surface area contributed by atoms with E-state index in [9.17, 15) is 4.79 Å². The molecule has 6 heteroatoms. The first-order chi connectivity index (χ1) is 15.2. The van der Waals surface area contributed by atoms with Crippen LogP contribution in [0.5, 0.6) is 5.75 Å². The number of nitrogens with one attached hydrogen (secondary N) is 1. The monoisotopic (exact) mass is 556 g/mol. The van der Waals surface area contributed by atoms with Gasteiger partial charge in [-0.05, 0) is 73.9 Å². The van der Waals surface area contributed by atoms with E-state index in [0.717, 1.165) is 31.4 Å². The number of carbonyl (C=O) groups is 1. The van der Waals surface area contributed by atoms with Gasteiger partial charge in [0.15, 0.2) is 0 Å². The topological polar surface area (TPSA) is 50.7 Å². The van der Waals surface area contributed by atoms with E-state index in [2.05, 4.69) is 75.3 Å². The molecule has 32 heavy (non-hydrogen) atoms. The summed E-state index contributed by atoms with van der Waals surface area (Å²) in [6.07, 6.45) is 1.90. The Labute approximate surface area is 206 Å². The van der Waals surface area contributed by atoms with Gasteiger partial charge in [-0.2, -0.15) is 5.10 Å². The molecule has 0 spiro atoms. The smallest absolute Gasteiger partial charge is 0.244 e. The van der Waals surface area contributed by atoms with E-state index in [0.29, 0.717) is 6.61 Å². The molecule has 3 aromatic carbocycles. The number of nitrogens with zero attached hydrogens (tertiary/aromatic N) is 1. The average molecular weight is 558 g/mol. The highest BCUT2D eigenvalue weighted by molar-refractivity contribution is 9.10. The van der Waals surface area contributed by atoms with Gasteiger partial charge in [-0.3, -0.25) is 4.79 Å². The molecule has 0 aliphatic heterocycles. The van der Waals surface area contributed by atoms with E-state index in [4.69, 9.17) is 4.74 Å². The molecule has 0 saturated carbocycles. The number of amides is 1. The van der Waals surface area contributed by atoms with E-state index in [1.165, 1.54) is 5.56 Å². The molecule has 0 saturated heterocycles. The lowest BCUT2D eigenvalue weighted by Crippen LogP contribution is -2.20. The van der Waals surface area contributed by atoms with Crippen molar-refractivity contribution in [3.05, 3.63) is 97.9 Å². The molecule has 3 aromatic rings. The summed E-state index contributed by atoms with van der Waals surface area (Å²) < 4.78 is 7.74. The van der Waals surface area contributed by atoms with Gasteiger partial charge in [-0.15, -0.1) is 0 Å². The lowest BCUT2D eigenvalue weighted by atomic mass is 9.86. The molecular formula is C26H26Br2N2O2. The average Bonchev–Trinajstić information content (AvgIpc) is 2.74. The lowest BCUT2D eigenvalue weighted by Gasteiger charge is -2.19. The van der Waals surface area contributed by atoms with Crippen molar-refractivity contribution in [3.8, 4) is 5.75 Å². The first-order valence-electron chi connectivity index (χ1n) is 10.3. The molecule has 0 unspecified atom stereocenters. The maximum atomic E-state index is 12.2. The molecule has 0 atom stereocenters. The number of rotatable bonds is 7. The van der Waals surface area contributed by atoms with Crippen molar-refractivity contribution in [2.24, 2.45) is 5.10 Å². The van der Waals surface area contributed by atoms with Crippen LogP contribution < -0.4 is 10.2 Å². The molecule has 0 aliphatic carbocycles. The van der Waals surface area contributed by atoms with Crippen molar-refractivity contribution in [2.45, 2.75) is 39.2 Å². The summed E-state index contributed by atoms with van der Waals surface area (Å²) in [5.74, 6) is 0.589. The third-order valence-electron chi connectivity index (χ3n) is 4.85. The highest BCUT2D eigenvalue weighted by Crippen LogP contribution is 2.26. The predicted octanol–water partition coefficient (Wildman–Crippen LogP) is 6.78. The SMILES string of the molecule is CC(C)(C)c1ccc(CC(=O)N/N=C\c2ccc(OCc3ccc(Br)cc3)c(Br)c2)cc1. The molecular weight excluding hydrogens is 532 g/mol. The Balaban J connectivity index is 1.50. The molecule has 0 aliphatic rings. The number of halogens is 2. The standard InChI is InChI=1S/C26H26Br2N2O2/c1-26(2,3)21-9-4-18(5-10-21)15-25(31)30-29-16-20-8-13-24(23(28)14-20)32-17-19-6-11-22(27)12-7-19/h4-14,16H,15,17H2,1-3H3,(H,30,31)/b29-16-. The summed E-state index contributed by atoms with van der Waals surface area (Å²) in [7, 11) is 0. The van der Waals surface area contributed by atoms with E-state index < -0.39 is 0 Å². The second-order valence-corrected chi connectivity index (χ2v) is 10.3. The van der Waals surface area contributed by atoms with Crippen LogP contribution in [0.4, 0.5) is 0 Å². The molecule has 1 N–H and O–H groups in total. The molecule has 4 nitrogen and oxygen atoms in total. The summed E-state index contributed by atoms with van der Waals surface area (Å²) in [5.41, 5.74) is 6.82. The van der Waals surface area contributed by atoms with Crippen LogP contribution in [0.2, 0.25) is 0 Å². The molecule has 0 bridgehead atoms. The first-order valence-corrected chi connectivity index (χ1v) is 11.9. The van der Waals surface area contributed by atoms with E-state index in [-0.39, 0.29) is 17.7 Å². The number of hydrogen-bond acceptors (Lipinski definition) is 3. The Morgan fingerprint density at radius 3 is 2.25 bits per heavy atom. The van der Waals surface area contributed by atoms with Gasteiger partial charge in [0.25, 0.3) is 0 Å². The summed E-state index contributed by atoms with van der Waals surface area (Å²) in [6.45, 7) is 6.99. The molecule has 0 fully saturated rings. The van der Waals surface area contributed by atoms with Gasteiger partial charge in [0, 0.05) is 4.47 Å². The second kappa shape index (κ2) is 10.9. The second-order valence-electron chi connectivity index (χ2n) is 8.52. The van der Waals surface area contributed by atoms with Crippen molar-refractivity contribution in [3.63, 3.8) is 0 Å². The fourth-order valence-electron chi connectivity index (χ4n) is 2.98. The van der Waals surface area contributed by atoms with Gasteiger partial charge in [0.1, 0.15) is 12.4 Å². The van der Waals surface area contributed by atoms with Gasteiger partial charge in [0.2, 0.25) is 5.91 Å². The van der Waals surface area contributed by atoms with Gasteiger partial charge >= 0.3 is 0 Å². The highest BCUT2D eigenvalue weighted by atomic mass is 79.9. The van der Waals surface area contributed by atoms with Crippen LogP contribution in [0.3, 0.4) is 0 Å². The molecule has 166 valence electrons. The van der Waals surface area contributed by atoms with E-state index in [1.54, 1.807) is 6.21 Å². The van der Waals surface area contributed by atoms with Crippen LogP contribution in [0.1, 0.15) is 43.0 Å². The number of carbonyl (C=O) groups excluding carboxylic acids is 1. The minimum atomic E-state index is -0.154. The summed E-state index contributed by atoms with van der Waals surface area (Å²) in [4.78, 5) is 12.2. The van der Waals surface area contributed by atoms with Gasteiger partial charge in [0.05, 0.1) is 17.1 Å². The Morgan fingerprint density at radius 2 is 1.62 bits per heavy atom. The Kier molecular flexibility index (Phi) is 8.26. The van der Waals surface area contributed by atoms with Crippen LogP contribution in [0.15, 0.2) is 80.8 Å². The van der Waals surface area contributed by atoms with Crippen LogP contribution in [-0.4, -0.2) is 12.1 Å². The van der Waals surface area contributed by atoms with Crippen LogP contribution in [0, 0.1) is 0 Å². The van der Waals surface area contributed by atoms with E-state index in [1.807, 2.05) is 54.6 Å². The van der Waals surface area contributed by atoms with Crippen molar-refractivity contribution >= 4 is 44.0 Å². The number of hydrazone groups is 1. The van der Waals surface area contributed by atoms with Crippen molar-refractivity contribution in [1.82, 2.24) is 5.43 Å². The zero-order valence-corrected chi connectivity index (χ0v) is 21.5. The minimum absolute atomic E-state index is 0.0961. The van der Waals surface area contributed by atoms with Crippen LogP contribution >= 0.6 is 31.9 Å². The fraction of sp³-hybridized carbons (Fsp3) is 0.231. The number of ether oxygens (including phenoxy) is 1. The van der Waals surface area contributed by atoms with E-state index >= 15 is 0 Å². The lowest BCUT2D eigenvalue weighted by molar-refractivity contribution is -0.120. The van der Waals surface area contributed by atoms with Crippen LogP contribution in [-0.2, 0) is 23.2 Å². The van der Waals surface area contributed by atoms with Crippen molar-refractivity contribution < 1.29 is 9.53 Å². The summed E-state index contributed by atoms with van der Waals surface area (Å²) in [6, 6.07) is 21.8. The predicted molar refractivity (Wildman–Crippen MR) is 137 cm³/mol. The summed E-state index contributed by atoms with van der Waals surface area (Å²) in [5, 5.41) is 4.08. The maximum Gasteiger partial charge on any atom is 0.244 e. The molecule has 3 rings (SSSR count). The third kappa shape index (κ3) is 7.31. The minimum Gasteiger partial charge on any atom is -0.488 e. The van der Waals surface area contributed by atoms with Crippen molar-refractivity contribution in [2.75, 3.05) is 0 Å². The maximum absolute atomic E-state index is 12.2. The zero-order chi connectivity index (χ0) is 23.1. The molecule has 1 amide bonds. The highest BCUT2D eigenvalue weighted by Gasteiger charge is 2.13. The molecule has 0 aromatic heterocycles. The Bertz CT molecular complexity index is 1090. The third-order valence-corrected chi connectivity index (χ3v) is 6.00. The van der Waals surface area contributed by atoms with Gasteiger partial charge in [-0.1, -0.05) is 73.1 Å². The number of benzene rings is 3. The van der Waals surface area contributed by atoms with Crippen LogP contribution in [0.25, 0.3) is 0 Å². The summed E-state index contributed by atoms with van der Waals surface area (Å²) >= 11 is 6.96. The molecule has 0 radical (unpaired) electrons. The normalized spacial score (nSPS) is 11.5. The van der Waals surface area contributed by atoms with Gasteiger partial charge < -0.3 is 4.74 Å². The van der Waals surface area contributed by atoms with Gasteiger partial charge in [-0.25, -0.2) is 5.43 Å². The number of hydrogen-bond donors (Lipinski definition) is 1. The Hall–Kier alpha value is -2.44. The van der Waals surface area contributed by atoms with Crippen molar-refractivity contribution in [1.29, 1.82) is 0 Å². The fourth-order valence-corrected chi connectivity index (χ4v) is 3.76. The zero-order valence-electron chi connectivity index (χ0n) is 18.4. The largest absolute Gasteiger partial charge is 0.488 e.